The van der Waals surface area contributed by atoms with E-state index in [9.17, 15) is 4.39 Å². The lowest BCUT2D eigenvalue weighted by molar-refractivity contribution is 0.415. The molecule has 0 fully saturated rings. The summed E-state index contributed by atoms with van der Waals surface area (Å²) in [5.41, 5.74) is 6.24. The van der Waals surface area contributed by atoms with E-state index in [-0.39, 0.29) is 5.82 Å². The Morgan fingerprint density at radius 1 is 1.39 bits per heavy atom. The van der Waals surface area contributed by atoms with Gasteiger partial charge in [0, 0.05) is 17.1 Å². The second kappa shape index (κ2) is 4.10. The number of hydrogen-bond donors (Lipinski definition) is 2. The van der Waals surface area contributed by atoms with Crippen molar-refractivity contribution in [2.24, 2.45) is 5.84 Å². The number of anilines is 1. The number of methoxy groups -OCH3 is 1. The average molecular weight is 247 g/mol. The lowest BCUT2D eigenvalue weighted by Gasteiger charge is -2.13. The van der Waals surface area contributed by atoms with Crippen LogP contribution in [0.4, 0.5) is 10.1 Å². The van der Waals surface area contributed by atoms with Gasteiger partial charge in [0.1, 0.15) is 17.1 Å². The first-order chi connectivity index (χ1) is 8.74. The predicted octanol–water partition coefficient (Wildman–Crippen LogP) is 2.16. The fourth-order valence-electron chi connectivity index (χ4n) is 2.62. The highest BCUT2D eigenvalue weighted by Crippen LogP contribution is 2.37. The number of fused-ring (bicyclic) bond motifs is 2. The Hall–Kier alpha value is -1.88. The predicted molar refractivity (Wildman–Crippen MR) is 68.1 cm³/mol. The van der Waals surface area contributed by atoms with Gasteiger partial charge in [-0.1, -0.05) is 0 Å². The van der Waals surface area contributed by atoms with E-state index < -0.39 is 0 Å². The van der Waals surface area contributed by atoms with Crippen molar-refractivity contribution in [2.45, 2.75) is 19.3 Å². The molecule has 0 saturated heterocycles. The number of nitrogens with zero attached hydrogens (tertiary/aromatic N) is 1. The average Bonchev–Trinajstić information content (AvgIpc) is 2.83. The Morgan fingerprint density at radius 2 is 2.22 bits per heavy atom. The summed E-state index contributed by atoms with van der Waals surface area (Å²) in [6.07, 6.45) is 2.91. The third kappa shape index (κ3) is 1.51. The van der Waals surface area contributed by atoms with Crippen LogP contribution >= 0.6 is 0 Å². The van der Waals surface area contributed by atoms with Crippen molar-refractivity contribution >= 4 is 16.6 Å². The van der Waals surface area contributed by atoms with E-state index in [4.69, 9.17) is 10.6 Å². The topological polar surface area (TPSA) is 60.2 Å². The molecule has 0 spiro atoms. The van der Waals surface area contributed by atoms with Crippen molar-refractivity contribution in [1.29, 1.82) is 0 Å². The van der Waals surface area contributed by atoms with Gasteiger partial charge in [-0.15, -0.1) is 0 Å². The molecule has 5 heteroatoms. The van der Waals surface area contributed by atoms with Gasteiger partial charge in [0.05, 0.1) is 12.8 Å². The minimum atomic E-state index is -0.351. The van der Waals surface area contributed by atoms with Gasteiger partial charge in [0.15, 0.2) is 0 Å². The van der Waals surface area contributed by atoms with Crippen LogP contribution in [0.5, 0.6) is 5.75 Å². The third-order valence-electron chi connectivity index (χ3n) is 3.41. The smallest absolute Gasteiger partial charge is 0.148 e. The first-order valence-electron chi connectivity index (χ1n) is 5.90. The molecule has 0 bridgehead atoms. The number of nitrogen functional groups attached to an aromatic ring is 1. The summed E-state index contributed by atoms with van der Waals surface area (Å²) >= 11 is 0. The minimum Gasteiger partial charge on any atom is -0.494 e. The zero-order valence-electron chi connectivity index (χ0n) is 10.1. The molecule has 4 nitrogen and oxygen atoms in total. The molecule has 1 heterocycles. The standard InChI is InChI=1S/C13H14FN3O/c1-18-11-6-7(14)5-9-12(17-15)8-3-2-4-10(8)16-13(9)11/h5-6H,2-4,15H2,1H3,(H,16,17). The van der Waals surface area contributed by atoms with Gasteiger partial charge >= 0.3 is 0 Å². The maximum absolute atomic E-state index is 13.6. The molecule has 0 aliphatic heterocycles. The van der Waals surface area contributed by atoms with Crippen molar-refractivity contribution in [2.75, 3.05) is 12.5 Å². The molecule has 3 rings (SSSR count). The molecule has 1 aromatic heterocycles. The van der Waals surface area contributed by atoms with E-state index in [2.05, 4.69) is 10.4 Å². The molecule has 0 radical (unpaired) electrons. The fraction of sp³-hybridized carbons (Fsp3) is 0.308. The van der Waals surface area contributed by atoms with Crippen LogP contribution in [0.15, 0.2) is 12.1 Å². The number of halogens is 1. The van der Waals surface area contributed by atoms with Crippen molar-refractivity contribution < 1.29 is 9.13 Å². The molecule has 0 atom stereocenters. The highest BCUT2D eigenvalue weighted by molar-refractivity contribution is 5.97. The largest absolute Gasteiger partial charge is 0.494 e. The van der Waals surface area contributed by atoms with Crippen LogP contribution in [0.25, 0.3) is 10.9 Å². The Morgan fingerprint density at radius 3 is 2.94 bits per heavy atom. The Kier molecular flexibility index (Phi) is 2.56. The lowest BCUT2D eigenvalue weighted by Crippen LogP contribution is -2.11. The van der Waals surface area contributed by atoms with Crippen LogP contribution in [0.3, 0.4) is 0 Å². The van der Waals surface area contributed by atoms with Crippen LogP contribution in [-0.2, 0) is 12.8 Å². The quantitative estimate of drug-likeness (QED) is 0.630. The van der Waals surface area contributed by atoms with Crippen LogP contribution in [0, 0.1) is 5.82 Å². The van der Waals surface area contributed by atoms with E-state index >= 15 is 0 Å². The van der Waals surface area contributed by atoms with Gasteiger partial charge in [-0.25, -0.2) is 9.37 Å². The van der Waals surface area contributed by atoms with Crippen LogP contribution in [0.1, 0.15) is 17.7 Å². The second-order valence-electron chi connectivity index (χ2n) is 4.41. The molecule has 1 aliphatic carbocycles. The maximum Gasteiger partial charge on any atom is 0.148 e. The summed E-state index contributed by atoms with van der Waals surface area (Å²) in [5, 5.41) is 0.676. The number of aryl methyl sites for hydroxylation is 1. The van der Waals surface area contributed by atoms with Gasteiger partial charge in [0.2, 0.25) is 0 Å². The number of hydrogen-bond acceptors (Lipinski definition) is 4. The SMILES string of the molecule is COc1cc(F)cc2c(NN)c3c(nc12)CCC3. The number of aromatic nitrogens is 1. The molecule has 18 heavy (non-hydrogen) atoms. The number of nitrogens with two attached hydrogens (primary N) is 1. The van der Waals surface area contributed by atoms with E-state index in [1.807, 2.05) is 0 Å². The van der Waals surface area contributed by atoms with E-state index in [0.29, 0.717) is 16.7 Å². The number of ether oxygens (including phenoxy) is 1. The van der Waals surface area contributed by atoms with Crippen molar-refractivity contribution in [3.05, 3.63) is 29.2 Å². The summed E-state index contributed by atoms with van der Waals surface area (Å²) in [6, 6.07) is 2.79. The molecule has 2 aromatic rings. The zero-order valence-corrected chi connectivity index (χ0v) is 10.1. The van der Waals surface area contributed by atoms with E-state index in [0.717, 1.165) is 36.2 Å². The van der Waals surface area contributed by atoms with Gasteiger partial charge in [-0.05, 0) is 30.9 Å². The number of pyridine rings is 1. The molecule has 0 amide bonds. The lowest BCUT2D eigenvalue weighted by atomic mass is 10.1. The Bertz CT molecular complexity index is 627. The van der Waals surface area contributed by atoms with Crippen LogP contribution in [0.2, 0.25) is 0 Å². The van der Waals surface area contributed by atoms with Crippen LogP contribution < -0.4 is 16.0 Å². The summed E-state index contributed by atoms with van der Waals surface area (Å²) in [5.74, 6) is 5.68. The molecule has 3 N–H and O–H groups in total. The van der Waals surface area contributed by atoms with Crippen LogP contribution in [-0.4, -0.2) is 12.1 Å². The number of nitrogens with one attached hydrogen (secondary N) is 1. The van der Waals surface area contributed by atoms with Crippen molar-refractivity contribution in [3.63, 3.8) is 0 Å². The summed E-state index contributed by atoms with van der Waals surface area (Å²) in [7, 11) is 1.51. The highest BCUT2D eigenvalue weighted by atomic mass is 19.1. The molecule has 0 saturated carbocycles. The number of benzene rings is 1. The fourth-order valence-corrected chi connectivity index (χ4v) is 2.62. The van der Waals surface area contributed by atoms with Gasteiger partial charge < -0.3 is 10.2 Å². The van der Waals surface area contributed by atoms with E-state index in [1.165, 1.54) is 19.2 Å². The van der Waals surface area contributed by atoms with Gasteiger partial charge in [-0.2, -0.15) is 0 Å². The molecule has 1 aliphatic rings. The molecular formula is C13H14FN3O. The highest BCUT2D eigenvalue weighted by Gasteiger charge is 2.21. The number of hydrazine groups is 1. The zero-order chi connectivity index (χ0) is 12.7. The summed E-state index contributed by atoms with van der Waals surface area (Å²) in [4.78, 5) is 4.59. The summed E-state index contributed by atoms with van der Waals surface area (Å²) in [6.45, 7) is 0. The minimum absolute atomic E-state index is 0.351. The molecular weight excluding hydrogens is 233 g/mol. The van der Waals surface area contributed by atoms with Crippen molar-refractivity contribution in [3.8, 4) is 5.75 Å². The van der Waals surface area contributed by atoms with E-state index in [1.54, 1.807) is 0 Å². The third-order valence-corrected chi connectivity index (χ3v) is 3.41. The molecule has 1 aromatic carbocycles. The molecule has 0 unspecified atom stereocenters. The normalized spacial score (nSPS) is 13.7. The maximum atomic E-state index is 13.6. The first-order valence-corrected chi connectivity index (χ1v) is 5.90. The second-order valence-corrected chi connectivity index (χ2v) is 4.41. The monoisotopic (exact) mass is 247 g/mol. The van der Waals surface area contributed by atoms with Gasteiger partial charge in [-0.3, -0.25) is 5.84 Å². The van der Waals surface area contributed by atoms with Gasteiger partial charge in [0.25, 0.3) is 0 Å². The molecule has 94 valence electrons. The number of rotatable bonds is 2. The Labute approximate surface area is 104 Å². The first kappa shape index (κ1) is 11.2. The summed E-state index contributed by atoms with van der Waals surface area (Å²) < 4.78 is 18.8. The Balaban J connectivity index is 2.42. The van der Waals surface area contributed by atoms with Crippen molar-refractivity contribution in [1.82, 2.24) is 4.98 Å².